The molecule has 0 atom stereocenters. The van der Waals surface area contributed by atoms with Crippen LogP contribution in [0.1, 0.15) is 19.4 Å². The van der Waals surface area contributed by atoms with Crippen molar-refractivity contribution in [3.8, 4) is 0 Å². The van der Waals surface area contributed by atoms with Crippen LogP contribution in [-0.4, -0.2) is 46.8 Å². The Morgan fingerprint density at radius 3 is 2.50 bits per heavy atom. The number of sulfonamides is 1. The van der Waals surface area contributed by atoms with E-state index in [0.29, 0.717) is 6.54 Å². The first-order valence-corrected chi connectivity index (χ1v) is 8.37. The van der Waals surface area contributed by atoms with E-state index in [1.807, 2.05) is 30.3 Å². The van der Waals surface area contributed by atoms with Crippen LogP contribution in [-0.2, 0) is 16.6 Å². The van der Waals surface area contributed by atoms with Crippen molar-refractivity contribution in [2.45, 2.75) is 30.9 Å². The van der Waals surface area contributed by atoms with E-state index in [4.69, 9.17) is 0 Å². The summed E-state index contributed by atoms with van der Waals surface area (Å²) in [4.78, 5) is 0.121. The third-order valence-electron chi connectivity index (χ3n) is 3.11. The summed E-state index contributed by atoms with van der Waals surface area (Å²) < 4.78 is 27.6. The van der Waals surface area contributed by atoms with E-state index in [-0.39, 0.29) is 11.4 Å². The van der Waals surface area contributed by atoms with Crippen molar-refractivity contribution >= 4 is 10.0 Å². The number of hydrogen-bond donors (Lipinski definition) is 1. The van der Waals surface area contributed by atoms with Gasteiger partial charge in [0, 0.05) is 19.8 Å². The maximum Gasteiger partial charge on any atom is 0.246 e. The molecule has 1 heterocycles. The van der Waals surface area contributed by atoms with Crippen molar-refractivity contribution in [1.29, 1.82) is 0 Å². The lowest BCUT2D eigenvalue weighted by Crippen LogP contribution is -2.39. The lowest BCUT2D eigenvalue weighted by molar-refractivity contribution is 0.0640. The van der Waals surface area contributed by atoms with Gasteiger partial charge in [-0.05, 0) is 19.4 Å². The monoisotopic (exact) mass is 323 g/mol. The van der Waals surface area contributed by atoms with Gasteiger partial charge in [0.1, 0.15) is 4.90 Å². The second-order valence-electron chi connectivity index (χ2n) is 5.93. The number of hydrogen-bond acceptors (Lipinski definition) is 4. The first-order valence-electron chi connectivity index (χ1n) is 6.93. The lowest BCUT2D eigenvalue weighted by Gasteiger charge is -2.24. The van der Waals surface area contributed by atoms with Gasteiger partial charge in [-0.3, -0.25) is 4.68 Å². The highest BCUT2D eigenvalue weighted by molar-refractivity contribution is 7.89. The van der Waals surface area contributed by atoms with E-state index in [9.17, 15) is 13.5 Å². The molecule has 0 fully saturated rings. The molecule has 2 aromatic rings. The summed E-state index contributed by atoms with van der Waals surface area (Å²) in [5.41, 5.74) is -0.0543. The maximum atomic E-state index is 12.4. The Hall–Kier alpha value is -1.70. The Kier molecular flexibility index (Phi) is 4.69. The summed E-state index contributed by atoms with van der Waals surface area (Å²) in [7, 11) is -2.21. The SMILES string of the molecule is CN(CC(C)(C)O)S(=O)(=O)c1cnn(Cc2ccccc2)c1. The zero-order valence-corrected chi connectivity index (χ0v) is 13.8. The molecule has 1 aromatic carbocycles. The molecular weight excluding hydrogens is 302 g/mol. The number of aromatic nitrogens is 2. The van der Waals surface area contributed by atoms with Crippen LogP contribution in [0, 0.1) is 0 Å². The highest BCUT2D eigenvalue weighted by atomic mass is 32.2. The fourth-order valence-electron chi connectivity index (χ4n) is 2.14. The standard InChI is InChI=1S/C15H21N3O3S/c1-15(2,19)12-17(3)22(20,21)14-9-16-18(11-14)10-13-7-5-4-6-8-13/h4-9,11,19H,10,12H2,1-3H3. The normalized spacial score (nSPS) is 12.8. The molecule has 1 aromatic heterocycles. The van der Waals surface area contributed by atoms with Crippen LogP contribution in [0.3, 0.4) is 0 Å². The third-order valence-corrected chi connectivity index (χ3v) is 4.87. The molecule has 0 spiro atoms. The van der Waals surface area contributed by atoms with Crippen LogP contribution >= 0.6 is 0 Å². The van der Waals surface area contributed by atoms with Crippen molar-refractivity contribution in [1.82, 2.24) is 14.1 Å². The zero-order chi connectivity index (χ0) is 16.4. The molecule has 2 rings (SSSR count). The molecule has 0 saturated heterocycles. The number of nitrogens with zero attached hydrogens (tertiary/aromatic N) is 3. The van der Waals surface area contributed by atoms with Crippen LogP contribution in [0.5, 0.6) is 0 Å². The molecule has 0 aliphatic rings. The lowest BCUT2D eigenvalue weighted by atomic mass is 10.1. The van der Waals surface area contributed by atoms with Crippen molar-refractivity contribution in [3.63, 3.8) is 0 Å². The van der Waals surface area contributed by atoms with Crippen molar-refractivity contribution in [2.24, 2.45) is 0 Å². The van der Waals surface area contributed by atoms with Gasteiger partial charge in [0.05, 0.1) is 18.3 Å². The molecule has 1 N–H and O–H groups in total. The summed E-state index contributed by atoms with van der Waals surface area (Å²) in [5.74, 6) is 0. The highest BCUT2D eigenvalue weighted by Gasteiger charge is 2.27. The van der Waals surface area contributed by atoms with Crippen LogP contribution in [0.25, 0.3) is 0 Å². The molecule has 22 heavy (non-hydrogen) atoms. The molecule has 0 amide bonds. The molecule has 6 nitrogen and oxygen atoms in total. The molecule has 0 bridgehead atoms. The third kappa shape index (κ3) is 4.16. The number of rotatable bonds is 6. The molecule has 0 radical (unpaired) electrons. The Labute approximate surface area is 131 Å². The second-order valence-corrected chi connectivity index (χ2v) is 7.98. The number of benzene rings is 1. The van der Waals surface area contributed by atoms with Gasteiger partial charge in [-0.15, -0.1) is 0 Å². The van der Waals surface area contributed by atoms with Crippen LogP contribution in [0.2, 0.25) is 0 Å². The predicted molar refractivity (Wildman–Crippen MR) is 83.9 cm³/mol. The van der Waals surface area contributed by atoms with Gasteiger partial charge in [0.2, 0.25) is 10.0 Å². The van der Waals surface area contributed by atoms with Gasteiger partial charge in [0.15, 0.2) is 0 Å². The van der Waals surface area contributed by atoms with E-state index in [1.54, 1.807) is 18.5 Å². The van der Waals surface area contributed by atoms with E-state index in [2.05, 4.69) is 5.10 Å². The smallest absolute Gasteiger partial charge is 0.246 e. The molecular formula is C15H21N3O3S. The molecule has 0 aliphatic carbocycles. The largest absolute Gasteiger partial charge is 0.389 e. The molecule has 0 saturated carbocycles. The summed E-state index contributed by atoms with van der Waals surface area (Å²) >= 11 is 0. The second kappa shape index (κ2) is 6.20. The topological polar surface area (TPSA) is 75.4 Å². The average Bonchev–Trinajstić information content (AvgIpc) is 2.87. The first-order chi connectivity index (χ1) is 10.2. The van der Waals surface area contributed by atoms with E-state index < -0.39 is 15.6 Å². The van der Waals surface area contributed by atoms with Gasteiger partial charge >= 0.3 is 0 Å². The predicted octanol–water partition coefficient (Wildman–Crippen LogP) is 1.32. The summed E-state index contributed by atoms with van der Waals surface area (Å²) in [5, 5.41) is 13.9. The zero-order valence-electron chi connectivity index (χ0n) is 13.0. The number of likely N-dealkylation sites (N-methyl/N-ethyl adjacent to an activating group) is 1. The van der Waals surface area contributed by atoms with Crippen LogP contribution in [0.15, 0.2) is 47.6 Å². The number of aliphatic hydroxyl groups is 1. The van der Waals surface area contributed by atoms with Crippen LogP contribution < -0.4 is 0 Å². The summed E-state index contributed by atoms with van der Waals surface area (Å²) in [6.45, 7) is 3.65. The van der Waals surface area contributed by atoms with Crippen LogP contribution in [0.4, 0.5) is 0 Å². The fourth-order valence-corrected chi connectivity index (χ4v) is 3.43. The van der Waals surface area contributed by atoms with Crippen molar-refractivity contribution in [3.05, 3.63) is 48.3 Å². The average molecular weight is 323 g/mol. The quantitative estimate of drug-likeness (QED) is 0.870. The molecule has 7 heteroatoms. The minimum absolute atomic E-state index is 0.0131. The van der Waals surface area contributed by atoms with E-state index in [1.165, 1.54) is 19.4 Å². The van der Waals surface area contributed by atoms with Gasteiger partial charge in [-0.2, -0.15) is 9.40 Å². The minimum Gasteiger partial charge on any atom is -0.389 e. The summed E-state index contributed by atoms with van der Waals surface area (Å²) in [6, 6.07) is 9.68. The first kappa shape index (κ1) is 16.7. The molecule has 0 aliphatic heterocycles. The van der Waals surface area contributed by atoms with Crippen molar-refractivity contribution < 1.29 is 13.5 Å². The Bertz CT molecular complexity index is 718. The molecule has 120 valence electrons. The van der Waals surface area contributed by atoms with Crippen molar-refractivity contribution in [2.75, 3.05) is 13.6 Å². The molecule has 0 unspecified atom stereocenters. The van der Waals surface area contributed by atoms with E-state index >= 15 is 0 Å². The Balaban J connectivity index is 2.16. The van der Waals surface area contributed by atoms with Gasteiger partial charge in [-0.25, -0.2) is 8.42 Å². The van der Waals surface area contributed by atoms with E-state index in [0.717, 1.165) is 9.87 Å². The fraction of sp³-hybridized carbons (Fsp3) is 0.400. The highest BCUT2D eigenvalue weighted by Crippen LogP contribution is 2.16. The maximum absolute atomic E-state index is 12.4. The van der Waals surface area contributed by atoms with Gasteiger partial charge in [-0.1, -0.05) is 30.3 Å². The van der Waals surface area contributed by atoms with Gasteiger partial charge in [0.25, 0.3) is 0 Å². The summed E-state index contributed by atoms with van der Waals surface area (Å²) in [6.07, 6.45) is 2.84. The minimum atomic E-state index is -3.65. The Morgan fingerprint density at radius 2 is 1.91 bits per heavy atom. The Morgan fingerprint density at radius 1 is 1.27 bits per heavy atom. The van der Waals surface area contributed by atoms with Gasteiger partial charge < -0.3 is 5.11 Å².